The van der Waals surface area contributed by atoms with Gasteiger partial charge >= 0.3 is 0 Å². The summed E-state index contributed by atoms with van der Waals surface area (Å²) in [5.74, 6) is -0.516. The van der Waals surface area contributed by atoms with Crippen LogP contribution in [0.5, 0.6) is 5.75 Å². The normalized spacial score (nSPS) is 11.1. The number of aryl methyl sites for hydroxylation is 1. The van der Waals surface area contributed by atoms with Crippen molar-refractivity contribution < 1.29 is 19.1 Å². The number of nitrogens with one attached hydrogen (secondary N) is 3. The maximum atomic E-state index is 13.6. The van der Waals surface area contributed by atoms with Crippen LogP contribution in [-0.4, -0.2) is 30.6 Å². The van der Waals surface area contributed by atoms with Crippen LogP contribution >= 0.6 is 23.4 Å². The van der Waals surface area contributed by atoms with Crippen molar-refractivity contribution in [3.8, 4) is 5.75 Å². The Balaban J connectivity index is 1.32. The molecule has 0 aliphatic carbocycles. The number of methoxy groups -OCH3 is 1. The smallest absolute Gasteiger partial charge is 0.272 e. The van der Waals surface area contributed by atoms with E-state index in [0.717, 1.165) is 26.8 Å². The third kappa shape index (κ3) is 8.12. The standard InChI is InChI=1S/C36H30ClN3O4S/c1-23-18-31(33(44-2)21-30(23)37)39-34(41)22-45-28-16-9-15-27(20-28)38-36(43)32(40-35(42)25-11-4-3-5-12-25)19-26-14-8-13-24-10-6-7-17-29(24)26/h3-21H,22H2,1-2H3,(H,38,43)(H,39,41)(H,40,42)/b32-19+. The maximum absolute atomic E-state index is 13.6. The highest BCUT2D eigenvalue weighted by atomic mass is 35.5. The van der Waals surface area contributed by atoms with Crippen LogP contribution < -0.4 is 20.7 Å². The van der Waals surface area contributed by atoms with Gasteiger partial charge in [0, 0.05) is 27.2 Å². The summed E-state index contributed by atoms with van der Waals surface area (Å²) in [6, 6.07) is 32.9. The van der Waals surface area contributed by atoms with Crippen LogP contribution in [0.25, 0.3) is 16.8 Å². The van der Waals surface area contributed by atoms with Crippen molar-refractivity contribution >= 4 is 69.3 Å². The quantitative estimate of drug-likeness (QED) is 0.107. The summed E-state index contributed by atoms with van der Waals surface area (Å²) in [5, 5.41) is 11.1. The first-order valence-electron chi connectivity index (χ1n) is 14.0. The number of hydrogen-bond acceptors (Lipinski definition) is 5. The fourth-order valence-corrected chi connectivity index (χ4v) is 5.51. The van der Waals surface area contributed by atoms with Gasteiger partial charge in [-0.1, -0.05) is 78.3 Å². The molecular formula is C36H30ClN3O4S. The van der Waals surface area contributed by atoms with Gasteiger partial charge in [0.1, 0.15) is 11.4 Å². The molecule has 0 saturated heterocycles. The molecule has 0 heterocycles. The Morgan fingerprint density at radius 2 is 1.58 bits per heavy atom. The summed E-state index contributed by atoms with van der Waals surface area (Å²) in [6.07, 6.45) is 1.67. The number of hydrogen-bond donors (Lipinski definition) is 3. The topological polar surface area (TPSA) is 96.5 Å². The van der Waals surface area contributed by atoms with E-state index in [1.165, 1.54) is 18.9 Å². The molecule has 5 aromatic rings. The monoisotopic (exact) mass is 635 g/mol. The number of carbonyl (C=O) groups excluding carboxylic acids is 3. The van der Waals surface area contributed by atoms with Gasteiger partial charge in [-0.25, -0.2) is 0 Å². The highest BCUT2D eigenvalue weighted by molar-refractivity contribution is 8.00. The van der Waals surface area contributed by atoms with Crippen molar-refractivity contribution in [2.75, 3.05) is 23.5 Å². The summed E-state index contributed by atoms with van der Waals surface area (Å²) in [4.78, 5) is 40.2. The molecule has 226 valence electrons. The molecule has 0 radical (unpaired) electrons. The molecule has 0 saturated carbocycles. The molecule has 5 aromatic carbocycles. The van der Waals surface area contributed by atoms with Gasteiger partial charge in [0.15, 0.2) is 0 Å². The predicted octanol–water partition coefficient (Wildman–Crippen LogP) is 7.95. The lowest BCUT2D eigenvalue weighted by atomic mass is 10.0. The first-order chi connectivity index (χ1) is 21.8. The second kappa shape index (κ2) is 14.6. The van der Waals surface area contributed by atoms with Crippen LogP contribution in [0.2, 0.25) is 5.02 Å². The Kier molecular flexibility index (Phi) is 10.2. The van der Waals surface area contributed by atoms with Crippen LogP contribution in [0.3, 0.4) is 0 Å². The molecule has 0 fully saturated rings. The van der Waals surface area contributed by atoms with Crippen LogP contribution in [0.4, 0.5) is 11.4 Å². The van der Waals surface area contributed by atoms with Crippen molar-refractivity contribution in [2.24, 2.45) is 0 Å². The van der Waals surface area contributed by atoms with Crippen molar-refractivity contribution in [1.82, 2.24) is 5.32 Å². The van der Waals surface area contributed by atoms with Crippen molar-refractivity contribution in [3.63, 3.8) is 0 Å². The average molecular weight is 636 g/mol. The average Bonchev–Trinajstić information content (AvgIpc) is 3.05. The molecule has 0 bridgehead atoms. The van der Waals surface area contributed by atoms with E-state index in [1.54, 1.807) is 60.7 Å². The zero-order valence-corrected chi connectivity index (χ0v) is 26.2. The number of amides is 3. The Labute approximate surface area is 270 Å². The van der Waals surface area contributed by atoms with E-state index < -0.39 is 11.8 Å². The van der Waals surface area contributed by atoms with Crippen molar-refractivity contribution in [3.05, 3.63) is 137 Å². The number of benzene rings is 5. The van der Waals surface area contributed by atoms with Gasteiger partial charge in [-0.3, -0.25) is 14.4 Å². The van der Waals surface area contributed by atoms with Crippen LogP contribution in [-0.2, 0) is 9.59 Å². The highest BCUT2D eigenvalue weighted by Crippen LogP contribution is 2.31. The van der Waals surface area contributed by atoms with E-state index in [1.807, 2.05) is 61.5 Å². The zero-order chi connectivity index (χ0) is 31.8. The van der Waals surface area contributed by atoms with Gasteiger partial charge < -0.3 is 20.7 Å². The SMILES string of the molecule is COc1cc(Cl)c(C)cc1NC(=O)CSc1cccc(NC(=O)/C(=C\c2cccc3ccccc23)NC(=O)c2ccccc2)c1. The summed E-state index contributed by atoms with van der Waals surface area (Å²) >= 11 is 7.49. The fraction of sp³-hybridized carbons (Fsp3) is 0.0833. The molecule has 7 nitrogen and oxygen atoms in total. The van der Waals surface area contributed by atoms with Gasteiger partial charge in [0.2, 0.25) is 5.91 Å². The molecule has 9 heteroatoms. The molecule has 0 aromatic heterocycles. The van der Waals surface area contributed by atoms with Crippen molar-refractivity contribution in [2.45, 2.75) is 11.8 Å². The largest absolute Gasteiger partial charge is 0.495 e. The molecule has 5 rings (SSSR count). The van der Waals surface area contributed by atoms with E-state index >= 15 is 0 Å². The lowest BCUT2D eigenvalue weighted by Crippen LogP contribution is -2.30. The van der Waals surface area contributed by atoms with Gasteiger partial charge in [-0.2, -0.15) is 0 Å². The Hall–Kier alpha value is -5.05. The summed E-state index contributed by atoms with van der Waals surface area (Å²) < 4.78 is 5.35. The van der Waals surface area contributed by atoms with Gasteiger partial charge in [0.05, 0.1) is 18.6 Å². The minimum absolute atomic E-state index is 0.0878. The van der Waals surface area contributed by atoms with Crippen molar-refractivity contribution in [1.29, 1.82) is 0 Å². The molecule has 3 amide bonds. The van der Waals surface area contributed by atoms with E-state index in [2.05, 4.69) is 16.0 Å². The summed E-state index contributed by atoms with van der Waals surface area (Å²) in [6.45, 7) is 1.85. The Bertz CT molecular complexity index is 1900. The molecule has 3 N–H and O–H groups in total. The highest BCUT2D eigenvalue weighted by Gasteiger charge is 2.16. The maximum Gasteiger partial charge on any atom is 0.272 e. The minimum Gasteiger partial charge on any atom is -0.495 e. The summed E-state index contributed by atoms with van der Waals surface area (Å²) in [7, 11) is 1.51. The molecule has 45 heavy (non-hydrogen) atoms. The third-order valence-corrected chi connectivity index (χ3v) is 8.27. The first kappa shape index (κ1) is 31.4. The lowest BCUT2D eigenvalue weighted by molar-refractivity contribution is -0.114. The predicted molar refractivity (Wildman–Crippen MR) is 183 cm³/mol. The second-order valence-electron chi connectivity index (χ2n) is 10.1. The second-order valence-corrected chi connectivity index (χ2v) is 11.5. The molecule has 0 aliphatic rings. The number of halogens is 1. The van der Waals surface area contributed by atoms with Gasteiger partial charge in [-0.15, -0.1) is 11.8 Å². The van der Waals surface area contributed by atoms with Crippen LogP contribution in [0.1, 0.15) is 21.5 Å². The first-order valence-corrected chi connectivity index (χ1v) is 15.4. The number of ether oxygens (including phenoxy) is 1. The van der Waals surface area contributed by atoms with E-state index in [9.17, 15) is 14.4 Å². The number of rotatable bonds is 10. The van der Waals surface area contributed by atoms with E-state index in [-0.39, 0.29) is 17.4 Å². The third-order valence-electron chi connectivity index (χ3n) is 6.87. The Morgan fingerprint density at radius 1 is 0.844 bits per heavy atom. The molecule has 0 atom stereocenters. The number of anilines is 2. The fourth-order valence-electron chi connectivity index (χ4n) is 4.60. The number of carbonyl (C=O) groups is 3. The van der Waals surface area contributed by atoms with Gasteiger partial charge in [0.25, 0.3) is 11.8 Å². The molecular weight excluding hydrogens is 606 g/mol. The zero-order valence-electron chi connectivity index (χ0n) is 24.6. The van der Waals surface area contributed by atoms with Gasteiger partial charge in [-0.05, 0) is 71.3 Å². The summed E-state index contributed by atoms with van der Waals surface area (Å²) in [5.41, 5.74) is 3.17. The molecule has 0 spiro atoms. The number of thioether (sulfide) groups is 1. The number of fused-ring (bicyclic) bond motifs is 1. The molecule has 0 aliphatic heterocycles. The minimum atomic E-state index is -0.489. The van der Waals surface area contributed by atoms with E-state index in [4.69, 9.17) is 16.3 Å². The van der Waals surface area contributed by atoms with Crippen LogP contribution in [0.15, 0.2) is 120 Å². The lowest BCUT2D eigenvalue weighted by Gasteiger charge is -2.13. The molecule has 0 unspecified atom stereocenters. The van der Waals surface area contributed by atoms with Crippen LogP contribution in [0, 0.1) is 6.92 Å². The Morgan fingerprint density at radius 3 is 2.38 bits per heavy atom. The van der Waals surface area contributed by atoms with E-state index in [0.29, 0.717) is 27.7 Å².